The van der Waals surface area contributed by atoms with Crippen LogP contribution in [0.25, 0.3) is 0 Å². The summed E-state index contributed by atoms with van der Waals surface area (Å²) in [6.45, 7) is -0.379. The number of Topliss-reactive ketones (excluding diaryl/α,β-unsaturated/α-hetero) is 1. The van der Waals surface area contributed by atoms with Crippen LogP contribution in [0.3, 0.4) is 0 Å². The molecule has 5 heteroatoms. The molecule has 0 aliphatic heterocycles. The number of ketones is 1. The van der Waals surface area contributed by atoms with E-state index in [0.717, 1.165) is 6.07 Å². The largest absolute Gasteiger partial charge is 0.454 e. The fourth-order valence-electron chi connectivity index (χ4n) is 1.41. The summed E-state index contributed by atoms with van der Waals surface area (Å²) in [4.78, 5) is 25.8. The summed E-state index contributed by atoms with van der Waals surface area (Å²) in [6, 6.07) is 8.35. The average Bonchev–Trinajstić information content (AvgIpc) is 2.89. The maximum absolute atomic E-state index is 12.9. The molecular formula is C13H10FNO3. The molecule has 1 aromatic carbocycles. The standard InChI is InChI=1S/C13H10FNO3/c14-10-4-1-3-9(7-10)13(17)18-8-12(16)11-5-2-6-15-11/h1-7,15H,8H2. The van der Waals surface area contributed by atoms with Crippen LogP contribution in [0.5, 0.6) is 0 Å². The molecule has 18 heavy (non-hydrogen) atoms. The minimum Gasteiger partial charge on any atom is -0.454 e. The number of carbonyl (C=O) groups excluding carboxylic acids is 2. The first-order valence-electron chi connectivity index (χ1n) is 5.26. The van der Waals surface area contributed by atoms with Crippen LogP contribution in [-0.4, -0.2) is 23.3 Å². The first-order valence-corrected chi connectivity index (χ1v) is 5.26. The number of halogens is 1. The second kappa shape index (κ2) is 5.27. The number of ether oxygens (including phenoxy) is 1. The van der Waals surface area contributed by atoms with Crippen molar-refractivity contribution in [3.05, 3.63) is 59.7 Å². The van der Waals surface area contributed by atoms with Crippen molar-refractivity contribution in [1.82, 2.24) is 4.98 Å². The summed E-state index contributed by atoms with van der Waals surface area (Å²) in [5.41, 5.74) is 0.441. The molecule has 1 aromatic heterocycles. The third-order valence-corrected chi connectivity index (χ3v) is 2.29. The van der Waals surface area contributed by atoms with E-state index in [2.05, 4.69) is 4.98 Å². The zero-order valence-corrected chi connectivity index (χ0v) is 9.35. The number of nitrogens with one attached hydrogen (secondary N) is 1. The first kappa shape index (κ1) is 12.0. The summed E-state index contributed by atoms with van der Waals surface area (Å²) >= 11 is 0. The summed E-state index contributed by atoms with van der Waals surface area (Å²) in [6.07, 6.45) is 1.60. The molecule has 0 fully saturated rings. The Bertz CT molecular complexity index is 563. The fraction of sp³-hybridized carbons (Fsp3) is 0.0769. The molecule has 0 bridgehead atoms. The highest BCUT2D eigenvalue weighted by Crippen LogP contribution is 2.06. The van der Waals surface area contributed by atoms with E-state index in [0.29, 0.717) is 5.69 Å². The van der Waals surface area contributed by atoms with Gasteiger partial charge in [0.2, 0.25) is 5.78 Å². The molecule has 0 aliphatic rings. The van der Waals surface area contributed by atoms with E-state index in [-0.39, 0.29) is 18.0 Å². The van der Waals surface area contributed by atoms with Gasteiger partial charge in [0.25, 0.3) is 0 Å². The predicted molar refractivity (Wildman–Crippen MR) is 61.8 cm³/mol. The number of hydrogen-bond acceptors (Lipinski definition) is 3. The Hall–Kier alpha value is -2.43. The van der Waals surface area contributed by atoms with E-state index in [9.17, 15) is 14.0 Å². The number of carbonyl (C=O) groups is 2. The van der Waals surface area contributed by atoms with Crippen molar-refractivity contribution in [3.8, 4) is 0 Å². The molecule has 2 rings (SSSR count). The van der Waals surface area contributed by atoms with E-state index in [1.807, 2.05) is 0 Å². The Balaban J connectivity index is 1.95. The molecule has 0 saturated heterocycles. The number of aromatic amines is 1. The maximum atomic E-state index is 12.9. The van der Waals surface area contributed by atoms with Gasteiger partial charge in [0.1, 0.15) is 5.82 Å². The van der Waals surface area contributed by atoms with Crippen molar-refractivity contribution in [1.29, 1.82) is 0 Å². The summed E-state index contributed by atoms with van der Waals surface area (Å²) in [5.74, 6) is -1.60. The molecule has 4 nitrogen and oxygen atoms in total. The van der Waals surface area contributed by atoms with Crippen LogP contribution in [-0.2, 0) is 4.74 Å². The van der Waals surface area contributed by atoms with E-state index in [4.69, 9.17) is 4.74 Å². The van der Waals surface area contributed by atoms with Crippen LogP contribution < -0.4 is 0 Å². The van der Waals surface area contributed by atoms with Crippen molar-refractivity contribution >= 4 is 11.8 Å². The van der Waals surface area contributed by atoms with Gasteiger partial charge in [-0.05, 0) is 30.3 Å². The third-order valence-electron chi connectivity index (χ3n) is 2.29. The van der Waals surface area contributed by atoms with E-state index in [1.165, 1.54) is 18.2 Å². The highest BCUT2D eigenvalue weighted by atomic mass is 19.1. The van der Waals surface area contributed by atoms with Gasteiger partial charge in [-0.3, -0.25) is 4.79 Å². The van der Waals surface area contributed by atoms with Gasteiger partial charge in [0.05, 0.1) is 11.3 Å². The Kier molecular flexibility index (Phi) is 3.52. The topological polar surface area (TPSA) is 59.2 Å². The lowest BCUT2D eigenvalue weighted by atomic mass is 10.2. The number of benzene rings is 1. The second-order valence-electron chi connectivity index (χ2n) is 3.59. The van der Waals surface area contributed by atoms with Crippen LogP contribution in [0.4, 0.5) is 4.39 Å². The molecule has 0 radical (unpaired) electrons. The molecule has 1 heterocycles. The van der Waals surface area contributed by atoms with Crippen LogP contribution in [0.2, 0.25) is 0 Å². The van der Waals surface area contributed by atoms with Gasteiger partial charge in [-0.15, -0.1) is 0 Å². The smallest absolute Gasteiger partial charge is 0.338 e. The highest BCUT2D eigenvalue weighted by Gasteiger charge is 2.12. The quantitative estimate of drug-likeness (QED) is 0.665. The third kappa shape index (κ3) is 2.82. The first-order chi connectivity index (χ1) is 8.66. The Labute approximate surface area is 102 Å². The van der Waals surface area contributed by atoms with E-state index < -0.39 is 11.8 Å². The van der Waals surface area contributed by atoms with Gasteiger partial charge in [-0.1, -0.05) is 6.07 Å². The molecule has 0 aliphatic carbocycles. The summed E-state index contributed by atoms with van der Waals surface area (Å²) in [7, 11) is 0. The molecule has 2 aromatic rings. The number of H-pyrrole nitrogens is 1. The molecule has 92 valence electrons. The lowest BCUT2D eigenvalue weighted by molar-refractivity contribution is 0.0473. The van der Waals surface area contributed by atoms with Crippen molar-refractivity contribution in [2.24, 2.45) is 0 Å². The SMILES string of the molecule is O=C(OCC(=O)c1ccc[nH]1)c1cccc(F)c1. The average molecular weight is 247 g/mol. The van der Waals surface area contributed by atoms with E-state index >= 15 is 0 Å². The normalized spacial score (nSPS) is 10.1. The van der Waals surface area contributed by atoms with Crippen molar-refractivity contribution in [2.45, 2.75) is 0 Å². The number of hydrogen-bond donors (Lipinski definition) is 1. The van der Waals surface area contributed by atoms with E-state index in [1.54, 1.807) is 18.3 Å². The summed E-state index contributed by atoms with van der Waals surface area (Å²) < 4.78 is 17.7. The fourth-order valence-corrected chi connectivity index (χ4v) is 1.41. The Morgan fingerprint density at radius 3 is 2.72 bits per heavy atom. The molecule has 1 N–H and O–H groups in total. The second-order valence-corrected chi connectivity index (χ2v) is 3.59. The zero-order chi connectivity index (χ0) is 13.0. The predicted octanol–water partition coefficient (Wildman–Crippen LogP) is 2.19. The Morgan fingerprint density at radius 2 is 2.06 bits per heavy atom. The zero-order valence-electron chi connectivity index (χ0n) is 9.35. The Morgan fingerprint density at radius 1 is 1.22 bits per heavy atom. The molecule has 0 unspecified atom stereocenters. The van der Waals surface area contributed by atoms with Crippen molar-refractivity contribution in [3.63, 3.8) is 0 Å². The minimum absolute atomic E-state index is 0.0780. The number of esters is 1. The van der Waals surface area contributed by atoms with Gasteiger partial charge in [0, 0.05) is 6.20 Å². The molecule has 0 saturated carbocycles. The van der Waals surface area contributed by atoms with Gasteiger partial charge in [0.15, 0.2) is 6.61 Å². The van der Waals surface area contributed by atoms with Crippen LogP contribution in [0.1, 0.15) is 20.8 Å². The lowest BCUT2D eigenvalue weighted by Crippen LogP contribution is -2.14. The molecule has 0 atom stereocenters. The number of aromatic nitrogens is 1. The van der Waals surface area contributed by atoms with Crippen molar-refractivity contribution in [2.75, 3.05) is 6.61 Å². The van der Waals surface area contributed by atoms with Crippen molar-refractivity contribution < 1.29 is 18.7 Å². The summed E-state index contributed by atoms with van der Waals surface area (Å²) in [5, 5.41) is 0. The minimum atomic E-state index is -0.727. The highest BCUT2D eigenvalue weighted by molar-refractivity contribution is 5.98. The van der Waals surface area contributed by atoms with Crippen LogP contribution in [0, 0.1) is 5.82 Å². The number of rotatable bonds is 4. The lowest BCUT2D eigenvalue weighted by Gasteiger charge is -2.03. The molecule has 0 amide bonds. The van der Waals surface area contributed by atoms with Crippen LogP contribution >= 0.6 is 0 Å². The van der Waals surface area contributed by atoms with Gasteiger partial charge in [-0.25, -0.2) is 9.18 Å². The molecule has 0 spiro atoms. The van der Waals surface area contributed by atoms with Gasteiger partial charge >= 0.3 is 5.97 Å². The van der Waals surface area contributed by atoms with Gasteiger partial charge < -0.3 is 9.72 Å². The van der Waals surface area contributed by atoms with Gasteiger partial charge in [-0.2, -0.15) is 0 Å². The monoisotopic (exact) mass is 247 g/mol. The maximum Gasteiger partial charge on any atom is 0.338 e. The molecular weight excluding hydrogens is 237 g/mol. The van der Waals surface area contributed by atoms with Crippen LogP contribution in [0.15, 0.2) is 42.6 Å².